The van der Waals surface area contributed by atoms with Crippen molar-refractivity contribution in [3.8, 4) is 0 Å². The molecule has 0 aromatic rings. The monoisotopic (exact) mass is 334 g/mol. The predicted molar refractivity (Wildman–Crippen MR) is 90.8 cm³/mol. The van der Waals surface area contributed by atoms with Gasteiger partial charge in [-0.3, -0.25) is 14.4 Å². The van der Waals surface area contributed by atoms with Gasteiger partial charge in [0.1, 0.15) is 0 Å². The molecule has 0 spiro atoms. The van der Waals surface area contributed by atoms with Crippen LogP contribution in [0.4, 0.5) is 0 Å². The molecule has 7 heteroatoms. The lowest BCUT2D eigenvalue weighted by molar-refractivity contribution is -0.127. The molecule has 0 fully saturated rings. The molecule has 0 rings (SSSR count). The Hall–Kier alpha value is -0.530. The second kappa shape index (κ2) is 10.2. The van der Waals surface area contributed by atoms with Crippen molar-refractivity contribution in [1.29, 1.82) is 0 Å². The maximum atomic E-state index is 12.2. The van der Waals surface area contributed by atoms with Crippen LogP contribution in [0.25, 0.3) is 0 Å². The summed E-state index contributed by atoms with van der Waals surface area (Å²) >= 11 is 5.58. The Kier molecular flexibility index (Phi) is 9.98. The number of nitrogens with one attached hydrogen (secondary N) is 1. The Morgan fingerprint density at radius 1 is 1.14 bits per heavy atom. The molecule has 0 aromatic heterocycles. The van der Waals surface area contributed by atoms with Crippen molar-refractivity contribution < 1.29 is 14.4 Å². The van der Waals surface area contributed by atoms with E-state index in [0.29, 0.717) is 11.5 Å². The molecule has 0 aliphatic rings. The zero-order chi connectivity index (χ0) is 16.6. The number of Topliss-reactive ketones (excluding diaryl/α,β-unsaturated/α-hetero) is 2. The van der Waals surface area contributed by atoms with E-state index in [9.17, 15) is 14.4 Å². The van der Waals surface area contributed by atoms with Crippen molar-refractivity contribution in [3.05, 3.63) is 0 Å². The van der Waals surface area contributed by atoms with Crippen molar-refractivity contribution in [2.45, 2.75) is 39.8 Å². The van der Waals surface area contributed by atoms with Gasteiger partial charge in [0.05, 0.1) is 12.1 Å². The number of ketones is 2. The molecule has 0 bridgehead atoms. The molecule has 0 aliphatic carbocycles. The quantitative estimate of drug-likeness (QED) is 0.517. The number of thiol groups is 1. The van der Waals surface area contributed by atoms with Crippen LogP contribution in [0.2, 0.25) is 0 Å². The van der Waals surface area contributed by atoms with Crippen molar-refractivity contribution in [3.63, 3.8) is 0 Å². The van der Waals surface area contributed by atoms with Gasteiger partial charge in [-0.15, -0.1) is 0 Å². The normalized spacial score (nSPS) is 15.4. The number of carbonyl (C=O) groups is 3. The molecule has 21 heavy (non-hydrogen) atoms. The molecule has 0 saturated heterocycles. The molecule has 122 valence electrons. The fourth-order valence-electron chi connectivity index (χ4n) is 1.76. The van der Waals surface area contributed by atoms with Gasteiger partial charge in [0.2, 0.25) is 5.91 Å². The summed E-state index contributed by atoms with van der Waals surface area (Å²) in [6.45, 7) is 6.83. The van der Waals surface area contributed by atoms with Crippen LogP contribution < -0.4 is 11.1 Å². The van der Waals surface area contributed by atoms with E-state index in [2.05, 4.69) is 17.9 Å². The first-order chi connectivity index (χ1) is 9.70. The summed E-state index contributed by atoms with van der Waals surface area (Å²) < 4.78 is 0. The highest BCUT2D eigenvalue weighted by Gasteiger charge is 2.24. The lowest BCUT2D eigenvalue weighted by Crippen LogP contribution is -2.44. The van der Waals surface area contributed by atoms with Gasteiger partial charge in [0.25, 0.3) is 0 Å². The topological polar surface area (TPSA) is 89.3 Å². The number of hydrogen-bond acceptors (Lipinski definition) is 6. The van der Waals surface area contributed by atoms with Gasteiger partial charge in [-0.1, -0.05) is 20.8 Å². The van der Waals surface area contributed by atoms with Gasteiger partial charge in [0, 0.05) is 36.0 Å². The first-order valence-electron chi connectivity index (χ1n) is 6.99. The molecule has 1 unspecified atom stereocenters. The summed E-state index contributed by atoms with van der Waals surface area (Å²) in [5.74, 6) is 0.797. The summed E-state index contributed by atoms with van der Waals surface area (Å²) in [5.41, 5.74) is 5.81. The third-order valence-electron chi connectivity index (χ3n) is 2.99. The van der Waals surface area contributed by atoms with Crippen LogP contribution in [0.5, 0.6) is 0 Å². The Balaban J connectivity index is 4.24. The lowest BCUT2D eigenvalue weighted by Gasteiger charge is -2.19. The molecule has 5 nitrogen and oxygen atoms in total. The maximum Gasteiger partial charge on any atom is 0.217 e. The average Bonchev–Trinajstić information content (AvgIpc) is 2.42. The first-order valence-corrected chi connectivity index (χ1v) is 8.78. The fourth-order valence-corrected chi connectivity index (χ4v) is 3.10. The molecular formula is C14H26N2O3S2. The summed E-state index contributed by atoms with van der Waals surface area (Å²) in [5, 5.41) is 2.59. The molecule has 0 radical (unpaired) electrons. The van der Waals surface area contributed by atoms with E-state index in [1.54, 1.807) is 0 Å². The van der Waals surface area contributed by atoms with Crippen LogP contribution in [0.15, 0.2) is 0 Å². The van der Waals surface area contributed by atoms with Gasteiger partial charge in [-0.2, -0.15) is 24.4 Å². The second-order valence-corrected chi connectivity index (χ2v) is 6.88. The smallest absolute Gasteiger partial charge is 0.217 e. The molecule has 3 N–H and O–H groups in total. The highest BCUT2D eigenvalue weighted by atomic mass is 32.2. The zero-order valence-electron chi connectivity index (χ0n) is 13.1. The molecule has 0 aromatic carbocycles. The molecule has 1 amide bonds. The van der Waals surface area contributed by atoms with E-state index < -0.39 is 12.1 Å². The standard InChI is InChI=1S/C14H26N2O3S2/c1-8(2)13(18)11(15)7-21-6-9(3)14(19)12(5-20)16-10(4)17/h8-9,11-12,20H,5-7,15H2,1-4H3,(H,16,17)/t9?,11-,12-/m0/s1. The molecule has 3 atom stereocenters. The average molecular weight is 335 g/mol. The van der Waals surface area contributed by atoms with E-state index >= 15 is 0 Å². The highest BCUT2D eigenvalue weighted by molar-refractivity contribution is 7.99. The third-order valence-corrected chi connectivity index (χ3v) is 4.68. The summed E-state index contributed by atoms with van der Waals surface area (Å²) in [7, 11) is 0. The minimum absolute atomic E-state index is 0.0351. The van der Waals surface area contributed by atoms with Crippen LogP contribution in [-0.2, 0) is 14.4 Å². The van der Waals surface area contributed by atoms with Crippen molar-refractivity contribution in [1.82, 2.24) is 5.32 Å². The van der Waals surface area contributed by atoms with Crippen molar-refractivity contribution >= 4 is 41.9 Å². The van der Waals surface area contributed by atoms with Crippen LogP contribution in [-0.4, -0.2) is 46.8 Å². The van der Waals surface area contributed by atoms with E-state index in [-0.39, 0.29) is 35.1 Å². The van der Waals surface area contributed by atoms with Crippen LogP contribution in [0.3, 0.4) is 0 Å². The third kappa shape index (κ3) is 7.87. The SMILES string of the molecule is CC(=O)N[C@@H](CS)C(=O)C(C)CSC[C@H](N)C(=O)C(C)C. The van der Waals surface area contributed by atoms with Crippen LogP contribution in [0, 0.1) is 11.8 Å². The number of carbonyl (C=O) groups excluding carboxylic acids is 3. The molecule has 0 aliphatic heterocycles. The zero-order valence-corrected chi connectivity index (χ0v) is 14.8. The van der Waals surface area contributed by atoms with Gasteiger partial charge in [0.15, 0.2) is 11.6 Å². The van der Waals surface area contributed by atoms with Gasteiger partial charge < -0.3 is 11.1 Å². The Morgan fingerprint density at radius 3 is 2.14 bits per heavy atom. The summed E-state index contributed by atoms with van der Waals surface area (Å²) in [4.78, 5) is 34.8. The number of rotatable bonds is 10. The fraction of sp³-hybridized carbons (Fsp3) is 0.786. The Labute approximate surface area is 136 Å². The van der Waals surface area contributed by atoms with Gasteiger partial charge >= 0.3 is 0 Å². The molecular weight excluding hydrogens is 308 g/mol. The number of nitrogens with two attached hydrogens (primary N) is 1. The Bertz CT molecular complexity index is 375. The highest BCUT2D eigenvalue weighted by Crippen LogP contribution is 2.14. The van der Waals surface area contributed by atoms with Crippen molar-refractivity contribution in [2.24, 2.45) is 17.6 Å². The van der Waals surface area contributed by atoms with E-state index in [1.165, 1.54) is 18.7 Å². The molecule has 0 saturated carbocycles. The predicted octanol–water partition coefficient (Wildman–Crippen LogP) is 0.912. The van der Waals surface area contributed by atoms with Gasteiger partial charge in [-0.25, -0.2) is 0 Å². The summed E-state index contributed by atoms with van der Waals surface area (Å²) in [6, 6.07) is -1.05. The Morgan fingerprint density at radius 2 is 1.71 bits per heavy atom. The second-order valence-electron chi connectivity index (χ2n) is 5.44. The largest absolute Gasteiger partial charge is 0.346 e. The van der Waals surface area contributed by atoms with Crippen LogP contribution >= 0.6 is 24.4 Å². The van der Waals surface area contributed by atoms with E-state index in [4.69, 9.17) is 5.73 Å². The minimum atomic E-state index is -0.563. The lowest BCUT2D eigenvalue weighted by atomic mass is 10.0. The first kappa shape index (κ1) is 20.5. The van der Waals surface area contributed by atoms with E-state index in [0.717, 1.165) is 0 Å². The van der Waals surface area contributed by atoms with Gasteiger partial charge in [-0.05, 0) is 0 Å². The van der Waals surface area contributed by atoms with Crippen LogP contribution in [0.1, 0.15) is 27.7 Å². The summed E-state index contributed by atoms with van der Waals surface area (Å²) in [6.07, 6.45) is 0. The molecule has 0 heterocycles. The minimum Gasteiger partial charge on any atom is -0.346 e. The number of hydrogen-bond donors (Lipinski definition) is 3. The maximum absolute atomic E-state index is 12.2. The van der Waals surface area contributed by atoms with Crippen molar-refractivity contribution in [2.75, 3.05) is 17.3 Å². The number of thioether (sulfide) groups is 1. The van der Waals surface area contributed by atoms with E-state index in [1.807, 2.05) is 20.8 Å². The number of amides is 1.